The molecule has 0 radical (unpaired) electrons. The Kier molecular flexibility index (Phi) is 9.56. The van der Waals surface area contributed by atoms with E-state index in [4.69, 9.17) is 14.0 Å². The second-order valence-corrected chi connectivity index (χ2v) is 8.78. The summed E-state index contributed by atoms with van der Waals surface area (Å²) in [6.45, 7) is 9.38. The van der Waals surface area contributed by atoms with E-state index in [1.54, 1.807) is 21.3 Å². The molecular formula is C22H35IN6O3. The highest BCUT2D eigenvalue weighted by Crippen LogP contribution is 2.24. The van der Waals surface area contributed by atoms with Gasteiger partial charge in [0.15, 0.2) is 11.8 Å². The van der Waals surface area contributed by atoms with Gasteiger partial charge >= 0.3 is 0 Å². The van der Waals surface area contributed by atoms with Crippen molar-refractivity contribution in [3.63, 3.8) is 0 Å². The Labute approximate surface area is 207 Å². The van der Waals surface area contributed by atoms with E-state index < -0.39 is 0 Å². The standard InChI is InChI=1S/C22H34N6O3.HI/c1-22(2,3)20-26-19(27-31-20)12-24-21(23-4)25-16-7-8-28(14-16)13-15-9-17(29-5)11-18(10-15)30-6;/h9-11,16H,7-8,12-14H2,1-6H3,(H2,23,24,25);1H. The number of benzene rings is 1. The van der Waals surface area contributed by atoms with Gasteiger partial charge in [-0.1, -0.05) is 25.9 Å². The lowest BCUT2D eigenvalue weighted by Crippen LogP contribution is -2.44. The van der Waals surface area contributed by atoms with Crippen molar-refractivity contribution in [1.82, 2.24) is 25.7 Å². The largest absolute Gasteiger partial charge is 0.497 e. The van der Waals surface area contributed by atoms with Gasteiger partial charge in [-0.25, -0.2) is 0 Å². The summed E-state index contributed by atoms with van der Waals surface area (Å²) in [6.07, 6.45) is 1.04. The van der Waals surface area contributed by atoms with E-state index in [-0.39, 0.29) is 29.4 Å². The fourth-order valence-corrected chi connectivity index (χ4v) is 3.49. The molecule has 10 heteroatoms. The molecule has 1 aromatic carbocycles. The highest BCUT2D eigenvalue weighted by Gasteiger charge is 2.24. The molecule has 32 heavy (non-hydrogen) atoms. The van der Waals surface area contributed by atoms with Gasteiger partial charge in [0.25, 0.3) is 0 Å². The Hall–Kier alpha value is -2.08. The van der Waals surface area contributed by atoms with E-state index in [2.05, 4.69) is 42.8 Å². The second kappa shape index (κ2) is 11.7. The molecule has 0 bridgehead atoms. The maximum atomic E-state index is 5.38. The van der Waals surface area contributed by atoms with Gasteiger partial charge in [0.1, 0.15) is 11.5 Å². The maximum absolute atomic E-state index is 5.38. The van der Waals surface area contributed by atoms with Crippen LogP contribution in [0.1, 0.15) is 44.5 Å². The summed E-state index contributed by atoms with van der Waals surface area (Å²) in [5.74, 6) is 3.60. The van der Waals surface area contributed by atoms with E-state index in [0.29, 0.717) is 24.3 Å². The molecule has 1 aliphatic rings. The first kappa shape index (κ1) is 26.2. The lowest BCUT2D eigenvalue weighted by atomic mass is 9.97. The summed E-state index contributed by atoms with van der Waals surface area (Å²) >= 11 is 0. The number of nitrogens with one attached hydrogen (secondary N) is 2. The minimum absolute atomic E-state index is 0. The Bertz CT molecular complexity index is 874. The molecular weight excluding hydrogens is 523 g/mol. The van der Waals surface area contributed by atoms with Crippen LogP contribution in [0.5, 0.6) is 11.5 Å². The average molecular weight is 558 g/mol. The van der Waals surface area contributed by atoms with E-state index in [1.807, 2.05) is 26.8 Å². The van der Waals surface area contributed by atoms with Crippen LogP contribution >= 0.6 is 24.0 Å². The predicted octanol–water partition coefficient (Wildman–Crippen LogP) is 2.94. The van der Waals surface area contributed by atoms with Crippen LogP contribution in [0, 0.1) is 0 Å². The number of guanidine groups is 1. The van der Waals surface area contributed by atoms with Crippen molar-refractivity contribution in [1.29, 1.82) is 0 Å². The lowest BCUT2D eigenvalue weighted by Gasteiger charge is -2.19. The van der Waals surface area contributed by atoms with Crippen LogP contribution in [0.4, 0.5) is 0 Å². The van der Waals surface area contributed by atoms with E-state index in [9.17, 15) is 0 Å². The number of ether oxygens (including phenoxy) is 2. The third kappa shape index (κ3) is 7.22. The van der Waals surface area contributed by atoms with Gasteiger partial charge in [-0.05, 0) is 24.1 Å². The molecule has 1 atom stereocenters. The molecule has 3 rings (SSSR count). The highest BCUT2D eigenvalue weighted by atomic mass is 127. The molecule has 1 aromatic heterocycles. The number of aliphatic imine (C=N–C) groups is 1. The Morgan fingerprint density at radius 2 is 1.91 bits per heavy atom. The maximum Gasteiger partial charge on any atom is 0.232 e. The third-order valence-electron chi connectivity index (χ3n) is 5.18. The fraction of sp³-hybridized carbons (Fsp3) is 0.591. The monoisotopic (exact) mass is 558 g/mol. The number of hydrogen-bond donors (Lipinski definition) is 2. The van der Waals surface area contributed by atoms with Crippen LogP contribution in [-0.4, -0.2) is 61.4 Å². The van der Waals surface area contributed by atoms with Crippen molar-refractivity contribution in [2.24, 2.45) is 4.99 Å². The van der Waals surface area contributed by atoms with E-state index in [1.165, 1.54) is 5.56 Å². The summed E-state index contributed by atoms with van der Waals surface area (Å²) in [5.41, 5.74) is 1.01. The quantitative estimate of drug-likeness (QED) is 0.304. The minimum atomic E-state index is -0.161. The SMILES string of the molecule is CN=C(NCc1noc(C(C)(C)C)n1)NC1CCN(Cc2cc(OC)cc(OC)c2)C1.I. The molecule has 178 valence electrons. The molecule has 0 saturated carbocycles. The van der Waals surface area contributed by atoms with Gasteiger partial charge < -0.3 is 24.6 Å². The van der Waals surface area contributed by atoms with E-state index in [0.717, 1.165) is 43.5 Å². The number of methoxy groups -OCH3 is 2. The molecule has 0 aliphatic carbocycles. The Morgan fingerprint density at radius 3 is 2.47 bits per heavy atom. The number of nitrogens with zero attached hydrogens (tertiary/aromatic N) is 4. The number of aromatic nitrogens is 2. The molecule has 0 spiro atoms. The van der Waals surface area contributed by atoms with Crippen molar-refractivity contribution in [3.8, 4) is 11.5 Å². The smallest absolute Gasteiger partial charge is 0.232 e. The van der Waals surface area contributed by atoms with Crippen molar-refractivity contribution < 1.29 is 14.0 Å². The molecule has 1 saturated heterocycles. The minimum Gasteiger partial charge on any atom is -0.497 e. The van der Waals surface area contributed by atoms with Gasteiger partial charge in [-0.3, -0.25) is 9.89 Å². The van der Waals surface area contributed by atoms with Crippen LogP contribution in [0.15, 0.2) is 27.7 Å². The Balaban J connectivity index is 0.00000363. The normalized spacial score (nSPS) is 17.1. The van der Waals surface area contributed by atoms with Crippen LogP contribution in [0.25, 0.3) is 0 Å². The van der Waals surface area contributed by atoms with Gasteiger partial charge in [0, 0.05) is 44.2 Å². The number of halogens is 1. The highest BCUT2D eigenvalue weighted by molar-refractivity contribution is 14.0. The zero-order chi connectivity index (χ0) is 22.4. The first-order valence-corrected chi connectivity index (χ1v) is 10.5. The van der Waals surface area contributed by atoms with Crippen molar-refractivity contribution >= 4 is 29.9 Å². The molecule has 2 aromatic rings. The van der Waals surface area contributed by atoms with Crippen LogP contribution in [0.3, 0.4) is 0 Å². The Morgan fingerprint density at radius 1 is 1.22 bits per heavy atom. The average Bonchev–Trinajstić information content (AvgIpc) is 3.40. The molecule has 1 aliphatic heterocycles. The zero-order valence-corrected chi connectivity index (χ0v) is 22.1. The first-order chi connectivity index (χ1) is 14.8. The van der Waals surface area contributed by atoms with Crippen LogP contribution < -0.4 is 20.1 Å². The van der Waals surface area contributed by atoms with Gasteiger partial charge in [-0.2, -0.15) is 4.98 Å². The molecule has 2 N–H and O–H groups in total. The second-order valence-electron chi connectivity index (χ2n) is 8.78. The number of hydrogen-bond acceptors (Lipinski definition) is 7. The van der Waals surface area contributed by atoms with Crippen molar-refractivity contribution in [2.45, 2.75) is 51.7 Å². The van der Waals surface area contributed by atoms with Crippen molar-refractivity contribution in [2.75, 3.05) is 34.4 Å². The van der Waals surface area contributed by atoms with E-state index >= 15 is 0 Å². The zero-order valence-electron chi connectivity index (χ0n) is 19.8. The number of likely N-dealkylation sites (tertiary alicyclic amines) is 1. The molecule has 0 amide bonds. The summed E-state index contributed by atoms with van der Waals surface area (Å²) in [5, 5.41) is 10.8. The van der Waals surface area contributed by atoms with Gasteiger partial charge in [-0.15, -0.1) is 24.0 Å². The fourth-order valence-electron chi connectivity index (χ4n) is 3.49. The number of rotatable bonds is 7. The molecule has 1 unspecified atom stereocenters. The van der Waals surface area contributed by atoms with Crippen LogP contribution in [-0.2, 0) is 18.5 Å². The lowest BCUT2D eigenvalue weighted by molar-refractivity contribution is 0.318. The van der Waals surface area contributed by atoms with Gasteiger partial charge in [0.05, 0.1) is 20.8 Å². The van der Waals surface area contributed by atoms with Crippen LogP contribution in [0.2, 0.25) is 0 Å². The van der Waals surface area contributed by atoms with Gasteiger partial charge in [0.2, 0.25) is 5.89 Å². The predicted molar refractivity (Wildman–Crippen MR) is 135 cm³/mol. The molecule has 1 fully saturated rings. The molecule has 2 heterocycles. The summed E-state index contributed by atoms with van der Waals surface area (Å²) in [6, 6.07) is 6.32. The summed E-state index contributed by atoms with van der Waals surface area (Å²) in [4.78, 5) is 11.2. The summed E-state index contributed by atoms with van der Waals surface area (Å²) < 4.78 is 16.1. The topological polar surface area (TPSA) is 97.0 Å². The molecule has 9 nitrogen and oxygen atoms in total. The summed E-state index contributed by atoms with van der Waals surface area (Å²) in [7, 11) is 5.11. The van der Waals surface area contributed by atoms with Crippen molar-refractivity contribution in [3.05, 3.63) is 35.5 Å². The third-order valence-corrected chi connectivity index (χ3v) is 5.18. The first-order valence-electron chi connectivity index (χ1n) is 10.5.